The van der Waals surface area contributed by atoms with Crippen molar-refractivity contribution in [3.8, 4) is 0 Å². The van der Waals surface area contributed by atoms with Gasteiger partial charge < -0.3 is 10.6 Å². The summed E-state index contributed by atoms with van der Waals surface area (Å²) in [4.78, 5) is 11.8. The summed E-state index contributed by atoms with van der Waals surface area (Å²) in [7, 11) is 0. The number of hydrogen-bond acceptors (Lipinski definition) is 2. The van der Waals surface area contributed by atoms with Gasteiger partial charge in [0.05, 0.1) is 0 Å². The van der Waals surface area contributed by atoms with Gasteiger partial charge in [-0.3, -0.25) is 4.79 Å². The van der Waals surface area contributed by atoms with Crippen molar-refractivity contribution in [1.82, 2.24) is 5.32 Å². The first kappa shape index (κ1) is 11.5. The molecule has 2 heterocycles. The van der Waals surface area contributed by atoms with E-state index in [9.17, 15) is 4.79 Å². The van der Waals surface area contributed by atoms with Gasteiger partial charge in [0.25, 0.3) is 5.91 Å². The summed E-state index contributed by atoms with van der Waals surface area (Å²) in [5, 5.41) is 6.29. The Labute approximate surface area is 107 Å². The first-order valence-electron chi connectivity index (χ1n) is 6.62. The Kier molecular flexibility index (Phi) is 2.92. The number of amides is 1. The zero-order valence-corrected chi connectivity index (χ0v) is 10.6. The van der Waals surface area contributed by atoms with E-state index in [0.29, 0.717) is 5.92 Å². The molecular formula is C15H18N2O. The predicted molar refractivity (Wildman–Crippen MR) is 73.6 cm³/mol. The molecule has 1 aromatic carbocycles. The summed E-state index contributed by atoms with van der Waals surface area (Å²) in [5.74, 6) is 0.653. The van der Waals surface area contributed by atoms with Crippen LogP contribution in [0.25, 0.3) is 5.57 Å². The van der Waals surface area contributed by atoms with Gasteiger partial charge in [0.15, 0.2) is 0 Å². The van der Waals surface area contributed by atoms with Crippen molar-refractivity contribution >= 4 is 17.2 Å². The minimum absolute atomic E-state index is 0.0231. The minimum atomic E-state index is 0.0231. The molecule has 94 valence electrons. The van der Waals surface area contributed by atoms with Crippen LogP contribution in [0.4, 0.5) is 5.69 Å². The van der Waals surface area contributed by atoms with Crippen LogP contribution in [0.1, 0.15) is 36.8 Å². The molecule has 3 rings (SSSR count). The average molecular weight is 242 g/mol. The summed E-state index contributed by atoms with van der Waals surface area (Å²) in [6.45, 7) is 4.10. The SMILES string of the molecule is C/C=C1\C(=O)Nc2ccc(C3CCNCC3)cc21. The maximum absolute atomic E-state index is 11.8. The molecule has 0 saturated carbocycles. The second kappa shape index (κ2) is 4.58. The van der Waals surface area contributed by atoms with Gasteiger partial charge in [-0.2, -0.15) is 0 Å². The van der Waals surface area contributed by atoms with E-state index in [0.717, 1.165) is 29.9 Å². The molecule has 1 fully saturated rings. The number of benzene rings is 1. The number of allylic oxidation sites excluding steroid dienone is 1. The van der Waals surface area contributed by atoms with E-state index >= 15 is 0 Å². The van der Waals surface area contributed by atoms with Crippen LogP contribution in [-0.2, 0) is 4.79 Å². The smallest absolute Gasteiger partial charge is 0.256 e. The van der Waals surface area contributed by atoms with Crippen molar-refractivity contribution in [1.29, 1.82) is 0 Å². The molecule has 2 N–H and O–H groups in total. The number of hydrogen-bond donors (Lipinski definition) is 2. The molecule has 2 aliphatic rings. The van der Waals surface area contributed by atoms with Crippen LogP contribution in [0.5, 0.6) is 0 Å². The fourth-order valence-corrected chi connectivity index (χ4v) is 2.90. The number of piperidine rings is 1. The largest absolute Gasteiger partial charge is 0.321 e. The molecule has 2 aliphatic heterocycles. The standard InChI is InChI=1S/C15H18N2O/c1-2-12-13-9-11(10-5-7-16-8-6-10)3-4-14(13)17-15(12)18/h2-4,9-10,16H,5-8H2,1H3,(H,17,18)/b12-2-. The lowest BCUT2D eigenvalue weighted by Gasteiger charge is -2.23. The molecule has 0 unspecified atom stereocenters. The van der Waals surface area contributed by atoms with E-state index in [2.05, 4.69) is 22.8 Å². The van der Waals surface area contributed by atoms with E-state index in [1.165, 1.54) is 18.4 Å². The normalized spacial score (nSPS) is 22.1. The molecule has 0 aliphatic carbocycles. The van der Waals surface area contributed by atoms with Gasteiger partial charge >= 0.3 is 0 Å². The molecule has 0 aromatic heterocycles. The van der Waals surface area contributed by atoms with E-state index < -0.39 is 0 Å². The highest BCUT2D eigenvalue weighted by atomic mass is 16.1. The Bertz CT molecular complexity index is 513. The summed E-state index contributed by atoms with van der Waals surface area (Å²) in [5.41, 5.74) is 4.19. The third kappa shape index (κ3) is 1.85. The fraction of sp³-hybridized carbons (Fsp3) is 0.400. The first-order valence-corrected chi connectivity index (χ1v) is 6.62. The maximum Gasteiger partial charge on any atom is 0.256 e. The van der Waals surface area contributed by atoms with Crippen molar-refractivity contribution in [3.63, 3.8) is 0 Å². The third-order valence-corrected chi connectivity index (χ3v) is 3.93. The highest BCUT2D eigenvalue weighted by molar-refractivity contribution is 6.31. The van der Waals surface area contributed by atoms with Gasteiger partial charge in [0.1, 0.15) is 0 Å². The molecule has 1 saturated heterocycles. The number of carbonyl (C=O) groups excluding carboxylic acids is 1. The molecule has 3 heteroatoms. The topological polar surface area (TPSA) is 41.1 Å². The third-order valence-electron chi connectivity index (χ3n) is 3.93. The van der Waals surface area contributed by atoms with E-state index in [-0.39, 0.29) is 5.91 Å². The number of fused-ring (bicyclic) bond motifs is 1. The average Bonchev–Trinajstić information content (AvgIpc) is 2.74. The molecule has 0 atom stereocenters. The van der Waals surface area contributed by atoms with Gasteiger partial charge in [-0.1, -0.05) is 12.1 Å². The second-order valence-electron chi connectivity index (χ2n) is 4.99. The van der Waals surface area contributed by atoms with E-state index in [1.807, 2.05) is 19.1 Å². The monoisotopic (exact) mass is 242 g/mol. The highest BCUT2D eigenvalue weighted by Crippen LogP contribution is 2.35. The summed E-state index contributed by atoms with van der Waals surface area (Å²) in [6.07, 6.45) is 4.27. The van der Waals surface area contributed by atoms with Crippen LogP contribution < -0.4 is 10.6 Å². The van der Waals surface area contributed by atoms with Gasteiger partial charge in [-0.05, 0) is 56.5 Å². The van der Waals surface area contributed by atoms with Crippen LogP contribution in [-0.4, -0.2) is 19.0 Å². The second-order valence-corrected chi connectivity index (χ2v) is 4.99. The lowest BCUT2D eigenvalue weighted by atomic mass is 9.88. The lowest BCUT2D eigenvalue weighted by Crippen LogP contribution is -2.26. The molecule has 18 heavy (non-hydrogen) atoms. The number of rotatable bonds is 1. The summed E-state index contributed by atoms with van der Waals surface area (Å²) < 4.78 is 0. The molecule has 1 aromatic rings. The highest BCUT2D eigenvalue weighted by Gasteiger charge is 2.25. The van der Waals surface area contributed by atoms with Crippen LogP contribution >= 0.6 is 0 Å². The number of anilines is 1. The van der Waals surface area contributed by atoms with Crippen LogP contribution in [0.15, 0.2) is 24.3 Å². The Morgan fingerprint density at radius 3 is 2.78 bits per heavy atom. The van der Waals surface area contributed by atoms with Crippen LogP contribution in [0, 0.1) is 0 Å². The molecule has 0 spiro atoms. The minimum Gasteiger partial charge on any atom is -0.321 e. The molecule has 1 amide bonds. The summed E-state index contributed by atoms with van der Waals surface area (Å²) >= 11 is 0. The van der Waals surface area contributed by atoms with Crippen LogP contribution in [0.2, 0.25) is 0 Å². The zero-order chi connectivity index (χ0) is 12.5. The Morgan fingerprint density at radius 2 is 2.06 bits per heavy atom. The molecule has 0 bridgehead atoms. The van der Waals surface area contributed by atoms with Crippen molar-refractivity contribution in [2.75, 3.05) is 18.4 Å². The van der Waals surface area contributed by atoms with Gasteiger partial charge in [-0.25, -0.2) is 0 Å². The maximum atomic E-state index is 11.8. The molecule has 0 radical (unpaired) electrons. The molecular weight excluding hydrogens is 224 g/mol. The predicted octanol–water partition coefficient (Wildman–Crippen LogP) is 2.51. The van der Waals surface area contributed by atoms with Gasteiger partial charge in [0.2, 0.25) is 0 Å². The van der Waals surface area contributed by atoms with Crippen molar-refractivity contribution in [3.05, 3.63) is 35.4 Å². The van der Waals surface area contributed by atoms with E-state index in [1.54, 1.807) is 0 Å². The van der Waals surface area contributed by atoms with Crippen molar-refractivity contribution in [2.24, 2.45) is 0 Å². The fourth-order valence-electron chi connectivity index (χ4n) is 2.90. The zero-order valence-electron chi connectivity index (χ0n) is 10.6. The Balaban J connectivity index is 1.96. The van der Waals surface area contributed by atoms with E-state index in [4.69, 9.17) is 0 Å². The molecule has 3 nitrogen and oxygen atoms in total. The van der Waals surface area contributed by atoms with Gasteiger partial charge in [-0.15, -0.1) is 0 Å². The quantitative estimate of drug-likeness (QED) is 0.743. The Morgan fingerprint density at radius 1 is 1.28 bits per heavy atom. The summed E-state index contributed by atoms with van der Waals surface area (Å²) in [6, 6.07) is 6.40. The number of nitrogens with one attached hydrogen (secondary N) is 2. The number of carbonyl (C=O) groups is 1. The van der Waals surface area contributed by atoms with Crippen molar-refractivity contribution < 1.29 is 4.79 Å². The lowest BCUT2D eigenvalue weighted by molar-refractivity contribution is -0.110. The van der Waals surface area contributed by atoms with Gasteiger partial charge in [0, 0.05) is 16.8 Å². The van der Waals surface area contributed by atoms with Crippen molar-refractivity contribution in [2.45, 2.75) is 25.7 Å². The van der Waals surface area contributed by atoms with Crippen LogP contribution in [0.3, 0.4) is 0 Å². The Hall–Kier alpha value is -1.61. The first-order chi connectivity index (χ1) is 8.79.